The molecule has 0 aromatic heterocycles. The fourth-order valence-electron chi connectivity index (χ4n) is 3.65. The third-order valence-corrected chi connectivity index (χ3v) is 5.70. The van der Waals surface area contributed by atoms with E-state index in [1.54, 1.807) is 32.0 Å². The van der Waals surface area contributed by atoms with E-state index in [0.29, 0.717) is 17.9 Å². The predicted octanol–water partition coefficient (Wildman–Crippen LogP) is 5.09. The maximum Gasteiger partial charge on any atom is 0.161 e. The van der Waals surface area contributed by atoms with Crippen molar-refractivity contribution in [3.8, 4) is 29.1 Å². The molecule has 0 amide bonds. The van der Waals surface area contributed by atoms with Crippen LogP contribution in [0.5, 0.6) is 23.0 Å². The second-order valence-electron chi connectivity index (χ2n) is 7.88. The highest BCUT2D eigenvalue weighted by molar-refractivity contribution is 5.47. The normalized spacial score (nSPS) is 19.3. The van der Waals surface area contributed by atoms with Crippen molar-refractivity contribution in [1.82, 2.24) is 4.90 Å². The van der Waals surface area contributed by atoms with Gasteiger partial charge in [-0.3, -0.25) is 0 Å². The SMILES string of the molecule is [2H]c1c([2H])c(C(C#N)(CCCN(CCc2ccc(OC)c(OC)c2)C([2H])([2H])[2H])C(C)C)c([2H])c(OC([2H])([2H])[2H])c1OC([2H])([2H])[2H]. The molecule has 0 aliphatic carbocycles. The maximum absolute atomic E-state index is 10.5. The van der Waals surface area contributed by atoms with Crippen LogP contribution in [-0.4, -0.2) is 53.3 Å². The molecule has 0 fully saturated rings. The molecule has 0 aliphatic rings. The Bertz CT molecular complexity index is 1370. The number of methoxy groups -OCH3 is 4. The molecule has 0 heterocycles. The van der Waals surface area contributed by atoms with Crippen molar-refractivity contribution in [3.63, 3.8) is 0 Å². The summed E-state index contributed by atoms with van der Waals surface area (Å²) in [5.41, 5.74) is -1.22. The fourth-order valence-corrected chi connectivity index (χ4v) is 3.65. The van der Waals surface area contributed by atoms with Gasteiger partial charge in [0, 0.05) is 10.7 Å². The molecule has 2 aromatic carbocycles. The highest BCUT2D eigenvalue weighted by Gasteiger charge is 2.36. The number of likely N-dealkylation sites (N-methyl/N-ethyl adjacent to an activating group) is 1. The highest BCUT2D eigenvalue weighted by atomic mass is 16.5. The Morgan fingerprint density at radius 3 is 2.42 bits per heavy atom. The molecule has 1 atom stereocenters. The molecule has 6 nitrogen and oxygen atoms in total. The molecule has 1 unspecified atom stereocenters. The second-order valence-corrected chi connectivity index (χ2v) is 7.88. The van der Waals surface area contributed by atoms with Crippen molar-refractivity contribution in [2.24, 2.45) is 5.92 Å². The van der Waals surface area contributed by atoms with Gasteiger partial charge in [0.1, 0.15) is 0 Å². The van der Waals surface area contributed by atoms with Crippen LogP contribution in [0.25, 0.3) is 0 Å². The van der Waals surface area contributed by atoms with Gasteiger partial charge in [-0.25, -0.2) is 0 Å². The summed E-state index contributed by atoms with van der Waals surface area (Å²) < 4.78 is 115. The van der Waals surface area contributed by atoms with Crippen LogP contribution in [-0.2, 0) is 11.8 Å². The Balaban J connectivity index is 2.50. The van der Waals surface area contributed by atoms with Crippen molar-refractivity contribution >= 4 is 0 Å². The lowest BCUT2D eigenvalue weighted by Crippen LogP contribution is -2.32. The first-order valence-electron chi connectivity index (χ1n) is 16.5. The zero-order chi connectivity index (χ0) is 34.5. The Labute approximate surface area is 215 Å². The van der Waals surface area contributed by atoms with Gasteiger partial charge in [0.15, 0.2) is 23.0 Å². The van der Waals surface area contributed by atoms with E-state index < -0.39 is 62.0 Å². The third-order valence-electron chi connectivity index (χ3n) is 5.70. The number of nitrogens with zero attached hydrogens (tertiary/aromatic N) is 2. The average Bonchev–Trinajstić information content (AvgIpc) is 2.92. The highest BCUT2D eigenvalue weighted by Crippen LogP contribution is 2.40. The van der Waals surface area contributed by atoms with Gasteiger partial charge in [0.2, 0.25) is 0 Å². The molecule has 6 heteroatoms. The van der Waals surface area contributed by atoms with Gasteiger partial charge in [-0.1, -0.05) is 26.0 Å². The Morgan fingerprint density at radius 1 is 1.03 bits per heavy atom. The van der Waals surface area contributed by atoms with Crippen LogP contribution < -0.4 is 18.9 Å². The smallest absolute Gasteiger partial charge is 0.161 e. The topological polar surface area (TPSA) is 64.0 Å². The van der Waals surface area contributed by atoms with E-state index in [0.717, 1.165) is 5.56 Å². The van der Waals surface area contributed by atoms with Gasteiger partial charge in [-0.15, -0.1) is 0 Å². The minimum atomic E-state index is -3.18. The zero-order valence-electron chi connectivity index (χ0n) is 31.4. The van der Waals surface area contributed by atoms with E-state index in [4.69, 9.17) is 35.4 Å². The van der Waals surface area contributed by atoms with Gasteiger partial charge < -0.3 is 23.8 Å². The Morgan fingerprint density at radius 2 is 1.79 bits per heavy atom. The lowest BCUT2D eigenvalue weighted by molar-refractivity contribution is 0.292. The maximum atomic E-state index is 10.5. The molecule has 0 radical (unpaired) electrons. The van der Waals surface area contributed by atoms with Crippen molar-refractivity contribution in [2.75, 3.05) is 48.4 Å². The van der Waals surface area contributed by atoms with E-state index in [1.807, 2.05) is 0 Å². The number of benzene rings is 2. The van der Waals surface area contributed by atoms with Crippen LogP contribution in [0.4, 0.5) is 0 Å². The second kappa shape index (κ2) is 12.4. The number of nitriles is 1. The monoisotopic (exact) mass is 466 g/mol. The summed E-state index contributed by atoms with van der Waals surface area (Å²) >= 11 is 0. The summed E-state index contributed by atoms with van der Waals surface area (Å²) in [6.07, 6.45) is 0.377. The van der Waals surface area contributed by atoms with Gasteiger partial charge in [0.05, 0.1) is 52.1 Å². The molecule has 0 saturated heterocycles. The van der Waals surface area contributed by atoms with Gasteiger partial charge >= 0.3 is 0 Å². The molecule has 0 bridgehead atoms. The molecule has 180 valence electrons. The number of hydrogen-bond acceptors (Lipinski definition) is 6. The van der Waals surface area contributed by atoms with Crippen LogP contribution in [0, 0.1) is 17.2 Å². The minimum Gasteiger partial charge on any atom is -0.493 e. The lowest BCUT2D eigenvalue weighted by Gasteiger charge is -2.32. The van der Waals surface area contributed by atoms with Crippen LogP contribution in [0.2, 0.25) is 0 Å². The summed E-state index contributed by atoms with van der Waals surface area (Å²) in [7, 11) is -3.35. The summed E-state index contributed by atoms with van der Waals surface area (Å²) in [6, 6.07) is 5.05. The first-order chi connectivity index (χ1) is 20.6. The van der Waals surface area contributed by atoms with E-state index in [9.17, 15) is 5.26 Å². The molecule has 2 aromatic rings. The standard InChI is InChI=1S/C27H38N2O4/c1-20(2)27(19-28,22-10-12-24(31-5)26(18-22)33-7)14-8-15-29(3)16-13-21-9-11-23(30-4)25(17-21)32-6/h9-12,17-18,20H,8,13-16H2,1-7H3/i3D3,5D3,7D3,10D,12D,18D. The summed E-state index contributed by atoms with van der Waals surface area (Å²) in [5.74, 6) is -1.42. The largest absolute Gasteiger partial charge is 0.493 e. The van der Waals surface area contributed by atoms with Crippen LogP contribution in [0.3, 0.4) is 0 Å². The van der Waals surface area contributed by atoms with Crippen LogP contribution in [0.1, 0.15) is 54.3 Å². The van der Waals surface area contributed by atoms with Crippen LogP contribution >= 0.6 is 0 Å². The molecule has 0 aliphatic heterocycles. The quantitative estimate of drug-likeness (QED) is 0.410. The van der Waals surface area contributed by atoms with Gasteiger partial charge in [-0.2, -0.15) is 5.26 Å². The fraction of sp³-hybridized carbons (Fsp3) is 0.519. The number of rotatable bonds is 13. The molecule has 0 spiro atoms. The zero-order valence-corrected chi connectivity index (χ0v) is 19.4. The molecular formula is C27H38N2O4. The van der Waals surface area contributed by atoms with E-state index in [1.165, 1.54) is 19.1 Å². The average molecular weight is 467 g/mol. The predicted molar refractivity (Wildman–Crippen MR) is 132 cm³/mol. The molecule has 2 rings (SSSR count). The van der Waals surface area contributed by atoms with E-state index >= 15 is 0 Å². The van der Waals surface area contributed by atoms with Crippen molar-refractivity contribution in [2.45, 2.75) is 38.5 Å². The summed E-state index contributed by atoms with van der Waals surface area (Å²) in [4.78, 5) is 1.27. The van der Waals surface area contributed by atoms with E-state index in [-0.39, 0.29) is 31.5 Å². The first-order valence-corrected chi connectivity index (χ1v) is 10.5. The van der Waals surface area contributed by atoms with E-state index in [2.05, 4.69) is 6.07 Å². The first kappa shape index (κ1) is 13.7. The minimum absolute atomic E-state index is 0.00674. The van der Waals surface area contributed by atoms with Crippen molar-refractivity contribution in [3.05, 3.63) is 47.5 Å². The Hall–Kier alpha value is -2.91. The Kier molecular flexibility index (Phi) is 5.14. The molecule has 33 heavy (non-hydrogen) atoms. The molecular weight excluding hydrogens is 416 g/mol. The van der Waals surface area contributed by atoms with Gasteiger partial charge in [0.25, 0.3) is 0 Å². The van der Waals surface area contributed by atoms with Crippen LogP contribution in [0.15, 0.2) is 36.3 Å². The van der Waals surface area contributed by atoms with Crippen molar-refractivity contribution in [1.29, 1.82) is 5.26 Å². The number of hydrogen-bond donors (Lipinski definition) is 0. The molecule has 0 saturated carbocycles. The number of ether oxygens (including phenoxy) is 4. The van der Waals surface area contributed by atoms with Gasteiger partial charge in [-0.05, 0) is 74.0 Å². The molecule has 0 N–H and O–H groups in total. The lowest BCUT2D eigenvalue weighted by atomic mass is 9.69. The van der Waals surface area contributed by atoms with Crippen molar-refractivity contribution < 1.29 is 35.4 Å². The summed E-state index contributed by atoms with van der Waals surface area (Å²) in [6.45, 7) is 0.902. The third kappa shape index (κ3) is 6.33. The summed E-state index contributed by atoms with van der Waals surface area (Å²) in [5, 5.41) is 10.5.